The van der Waals surface area contributed by atoms with Crippen LogP contribution in [0.5, 0.6) is 0 Å². The van der Waals surface area contributed by atoms with Crippen LogP contribution in [0.2, 0.25) is 0 Å². The van der Waals surface area contributed by atoms with E-state index in [1.807, 2.05) is 29.9 Å². The number of aryl methyl sites for hydroxylation is 1. The first kappa shape index (κ1) is 21.2. The minimum absolute atomic E-state index is 0.0838. The third-order valence-electron chi connectivity index (χ3n) is 5.00. The maximum atomic E-state index is 12.8. The molecule has 0 spiro atoms. The molecule has 1 N–H and O–H groups in total. The normalized spacial score (nSPS) is 13.8. The maximum Gasteiger partial charge on any atom is 0.282 e. The molecule has 162 valence electrons. The molecule has 10 nitrogen and oxygen atoms in total. The van der Waals surface area contributed by atoms with Gasteiger partial charge in [-0.1, -0.05) is 17.8 Å². The third-order valence-corrected chi connectivity index (χ3v) is 6.08. The number of carbonyl (C=O) groups excluding carboxylic acids is 3. The Morgan fingerprint density at radius 2 is 1.88 bits per heavy atom. The van der Waals surface area contributed by atoms with E-state index in [9.17, 15) is 24.5 Å². The second kappa shape index (κ2) is 8.27. The van der Waals surface area contributed by atoms with Crippen LogP contribution in [0, 0.1) is 10.1 Å². The number of nitrogens with one attached hydrogen (secondary N) is 1. The van der Waals surface area contributed by atoms with Crippen LogP contribution in [-0.4, -0.2) is 43.1 Å². The van der Waals surface area contributed by atoms with Gasteiger partial charge < -0.3 is 9.88 Å². The number of amides is 3. The fourth-order valence-corrected chi connectivity index (χ4v) is 4.12. The van der Waals surface area contributed by atoms with Gasteiger partial charge in [0.05, 0.1) is 10.5 Å². The highest BCUT2D eigenvalue weighted by atomic mass is 32.2. The van der Waals surface area contributed by atoms with Crippen molar-refractivity contribution in [2.24, 2.45) is 7.05 Å². The monoisotopic (exact) mass is 451 g/mol. The van der Waals surface area contributed by atoms with E-state index in [4.69, 9.17) is 0 Å². The van der Waals surface area contributed by atoms with E-state index in [2.05, 4.69) is 10.3 Å². The second-order valence-corrected chi connectivity index (χ2v) is 8.09. The average Bonchev–Trinajstić information content (AvgIpc) is 3.29. The predicted octanol–water partition coefficient (Wildman–Crippen LogP) is 3.10. The van der Waals surface area contributed by atoms with Gasteiger partial charge in [0.1, 0.15) is 11.6 Å². The van der Waals surface area contributed by atoms with Gasteiger partial charge in [-0.3, -0.25) is 29.4 Å². The van der Waals surface area contributed by atoms with Crippen LogP contribution in [0.25, 0.3) is 0 Å². The van der Waals surface area contributed by atoms with E-state index in [-0.39, 0.29) is 11.1 Å². The van der Waals surface area contributed by atoms with Crippen molar-refractivity contribution >= 4 is 40.9 Å². The van der Waals surface area contributed by atoms with Crippen molar-refractivity contribution < 1.29 is 19.3 Å². The summed E-state index contributed by atoms with van der Waals surface area (Å²) in [5, 5.41) is 14.7. The molecule has 2 heterocycles. The zero-order valence-corrected chi connectivity index (χ0v) is 17.8. The molecule has 0 radical (unpaired) electrons. The number of imidazole rings is 1. The first-order valence-electron chi connectivity index (χ1n) is 9.49. The molecule has 3 aromatic rings. The molecular formula is C21H17N5O5S. The minimum atomic E-state index is -1.16. The van der Waals surface area contributed by atoms with Crippen molar-refractivity contribution in [3.63, 3.8) is 0 Å². The molecule has 1 aliphatic rings. The molecule has 1 aliphatic heterocycles. The van der Waals surface area contributed by atoms with Gasteiger partial charge in [0, 0.05) is 36.1 Å². The highest BCUT2D eigenvalue weighted by molar-refractivity contribution is 7.99. The minimum Gasteiger partial charge on any atom is -0.329 e. The van der Waals surface area contributed by atoms with Gasteiger partial charge in [0.2, 0.25) is 5.91 Å². The summed E-state index contributed by atoms with van der Waals surface area (Å²) >= 11 is 1.46. The first-order chi connectivity index (χ1) is 15.3. The highest BCUT2D eigenvalue weighted by Gasteiger charge is 2.44. The molecule has 3 amide bonds. The molecule has 0 aliphatic carbocycles. The first-order valence-corrected chi connectivity index (χ1v) is 10.3. The molecule has 1 atom stereocenters. The Labute approximate surface area is 186 Å². The van der Waals surface area contributed by atoms with E-state index in [1.165, 1.54) is 30.8 Å². The number of hydrogen-bond acceptors (Lipinski definition) is 7. The van der Waals surface area contributed by atoms with Crippen LogP contribution in [-0.2, 0) is 11.8 Å². The summed E-state index contributed by atoms with van der Waals surface area (Å²) < 4.78 is 1.88. The quantitative estimate of drug-likeness (QED) is 0.346. The number of nitrogens with zero attached hydrogens (tertiary/aromatic N) is 4. The Hall–Kier alpha value is -3.99. The zero-order valence-electron chi connectivity index (χ0n) is 17.0. The molecule has 2 aromatic carbocycles. The molecule has 0 saturated heterocycles. The molecule has 4 rings (SSSR count). The molecule has 1 aromatic heterocycles. The average molecular weight is 451 g/mol. The van der Waals surface area contributed by atoms with E-state index in [0.29, 0.717) is 5.69 Å². The molecule has 32 heavy (non-hydrogen) atoms. The highest BCUT2D eigenvalue weighted by Crippen LogP contribution is 2.32. The number of aromatic nitrogens is 2. The molecule has 0 bridgehead atoms. The third kappa shape index (κ3) is 3.73. The Morgan fingerprint density at radius 3 is 2.50 bits per heavy atom. The van der Waals surface area contributed by atoms with E-state index < -0.39 is 34.4 Å². The predicted molar refractivity (Wildman–Crippen MR) is 115 cm³/mol. The number of benzene rings is 2. The van der Waals surface area contributed by atoms with Gasteiger partial charge in [0.25, 0.3) is 17.5 Å². The lowest BCUT2D eigenvalue weighted by Gasteiger charge is -2.21. The topological polar surface area (TPSA) is 127 Å². The lowest BCUT2D eigenvalue weighted by molar-refractivity contribution is -0.385. The van der Waals surface area contributed by atoms with Crippen LogP contribution in [0.4, 0.5) is 11.4 Å². The Bertz CT molecular complexity index is 1250. The number of imide groups is 1. The van der Waals surface area contributed by atoms with Gasteiger partial charge in [-0.25, -0.2) is 4.98 Å². The summed E-state index contributed by atoms with van der Waals surface area (Å²) in [7, 11) is 1.89. The van der Waals surface area contributed by atoms with Gasteiger partial charge >= 0.3 is 0 Å². The van der Waals surface area contributed by atoms with Crippen LogP contribution in [0.15, 0.2) is 64.9 Å². The van der Waals surface area contributed by atoms with Crippen LogP contribution < -0.4 is 5.32 Å². The SMILES string of the molecule is CC(C(=O)Nc1ccc(Sc2nccn2C)cc1)N1C(=O)c2cccc([N+](=O)[O-])c2C1=O. The largest absolute Gasteiger partial charge is 0.329 e. The van der Waals surface area contributed by atoms with Crippen molar-refractivity contribution in [1.82, 2.24) is 14.5 Å². The lowest BCUT2D eigenvalue weighted by atomic mass is 10.1. The summed E-state index contributed by atoms with van der Waals surface area (Å²) in [5.41, 5.74) is -0.359. The summed E-state index contributed by atoms with van der Waals surface area (Å²) in [6.07, 6.45) is 3.54. The zero-order chi connectivity index (χ0) is 23.0. The number of fused-ring (bicyclic) bond motifs is 1. The van der Waals surface area contributed by atoms with E-state index in [0.717, 1.165) is 21.0 Å². The van der Waals surface area contributed by atoms with Crippen LogP contribution >= 0.6 is 11.8 Å². The molecular weight excluding hydrogens is 434 g/mol. The number of carbonyl (C=O) groups is 3. The fraction of sp³-hybridized carbons (Fsp3) is 0.143. The van der Waals surface area contributed by atoms with Crippen molar-refractivity contribution in [2.75, 3.05) is 5.32 Å². The maximum absolute atomic E-state index is 12.8. The number of rotatable bonds is 6. The van der Waals surface area contributed by atoms with E-state index in [1.54, 1.807) is 18.3 Å². The Balaban J connectivity index is 1.48. The Morgan fingerprint density at radius 1 is 1.16 bits per heavy atom. The van der Waals surface area contributed by atoms with Crippen LogP contribution in [0.3, 0.4) is 0 Å². The summed E-state index contributed by atoms with van der Waals surface area (Å²) in [6.45, 7) is 1.40. The molecule has 0 saturated carbocycles. The summed E-state index contributed by atoms with van der Waals surface area (Å²) in [4.78, 5) is 54.6. The standard InChI is InChI=1S/C21H17N5O5S/c1-12(25-19(28)15-4-3-5-16(26(30)31)17(15)20(25)29)18(27)23-13-6-8-14(9-7-13)32-21-22-10-11-24(21)2/h3-12H,1-2H3,(H,23,27). The summed E-state index contributed by atoms with van der Waals surface area (Å²) in [6, 6.07) is 9.68. The van der Waals surface area contributed by atoms with Crippen LogP contribution in [0.1, 0.15) is 27.6 Å². The van der Waals surface area contributed by atoms with Gasteiger partial charge in [-0.05, 0) is 37.3 Å². The summed E-state index contributed by atoms with van der Waals surface area (Å²) in [5.74, 6) is -2.19. The number of anilines is 1. The number of nitro groups is 1. The molecule has 0 fully saturated rings. The van der Waals surface area contributed by atoms with E-state index >= 15 is 0 Å². The van der Waals surface area contributed by atoms with Crippen molar-refractivity contribution in [3.05, 3.63) is 76.1 Å². The number of nitro benzene ring substituents is 1. The second-order valence-electron chi connectivity index (χ2n) is 7.05. The molecule has 1 unspecified atom stereocenters. The number of hydrogen-bond donors (Lipinski definition) is 1. The van der Waals surface area contributed by atoms with Crippen molar-refractivity contribution in [1.29, 1.82) is 0 Å². The van der Waals surface area contributed by atoms with Crippen molar-refractivity contribution in [2.45, 2.75) is 23.0 Å². The Kier molecular flexibility index (Phi) is 5.49. The fourth-order valence-electron chi connectivity index (χ4n) is 3.32. The molecule has 11 heteroatoms. The van der Waals surface area contributed by atoms with Gasteiger partial charge in [-0.2, -0.15) is 0 Å². The lowest BCUT2D eigenvalue weighted by Crippen LogP contribution is -2.45. The smallest absolute Gasteiger partial charge is 0.282 e. The van der Waals surface area contributed by atoms with Gasteiger partial charge in [0.15, 0.2) is 5.16 Å². The van der Waals surface area contributed by atoms with Crippen molar-refractivity contribution in [3.8, 4) is 0 Å². The van der Waals surface area contributed by atoms with Gasteiger partial charge in [-0.15, -0.1) is 0 Å².